The van der Waals surface area contributed by atoms with E-state index in [0.29, 0.717) is 23.1 Å². The predicted molar refractivity (Wildman–Crippen MR) is 83.4 cm³/mol. The van der Waals surface area contributed by atoms with Gasteiger partial charge in [0.05, 0.1) is 14.2 Å². The van der Waals surface area contributed by atoms with Crippen LogP contribution in [0.15, 0.2) is 24.3 Å². The monoisotopic (exact) mass is 289 g/mol. The van der Waals surface area contributed by atoms with Gasteiger partial charge in [-0.25, -0.2) is 0 Å². The minimum Gasteiger partial charge on any atom is -0.497 e. The van der Waals surface area contributed by atoms with Crippen molar-refractivity contribution < 1.29 is 9.47 Å². The molecule has 0 unspecified atom stereocenters. The number of nitrogens with zero attached hydrogens (tertiary/aromatic N) is 2. The van der Waals surface area contributed by atoms with Crippen molar-refractivity contribution in [1.29, 1.82) is 0 Å². The topological polar surface area (TPSA) is 94.3 Å². The molecule has 7 nitrogen and oxygen atoms in total. The fourth-order valence-corrected chi connectivity index (χ4v) is 1.83. The highest BCUT2D eigenvalue weighted by Gasteiger charge is 2.05. The predicted octanol–water partition coefficient (Wildman–Crippen LogP) is 2.25. The SMILES string of the molecule is CCNc1cc(Nc2cc(OC)cc(OC)c2)nc(N)n1. The minimum atomic E-state index is 0.200. The molecular formula is C14H19N5O2. The molecule has 0 spiro atoms. The number of nitrogens with one attached hydrogen (secondary N) is 2. The standard InChI is InChI=1S/C14H19N5O2/c1-4-16-12-8-13(19-14(15)18-12)17-9-5-10(20-2)7-11(6-9)21-3/h5-8H,4H2,1-3H3,(H4,15,16,17,18,19). The van der Waals surface area contributed by atoms with E-state index in [1.54, 1.807) is 26.4 Å². The average Bonchev–Trinajstić information content (AvgIpc) is 2.46. The van der Waals surface area contributed by atoms with Gasteiger partial charge in [0.2, 0.25) is 5.95 Å². The number of rotatable bonds is 6. The van der Waals surface area contributed by atoms with Gasteiger partial charge in [0, 0.05) is 36.5 Å². The summed E-state index contributed by atoms with van der Waals surface area (Å²) in [6.07, 6.45) is 0. The lowest BCUT2D eigenvalue weighted by Crippen LogP contribution is -2.05. The lowest BCUT2D eigenvalue weighted by Gasteiger charge is -2.11. The van der Waals surface area contributed by atoms with Gasteiger partial charge in [-0.1, -0.05) is 0 Å². The molecule has 0 fully saturated rings. The van der Waals surface area contributed by atoms with Crippen LogP contribution >= 0.6 is 0 Å². The Balaban J connectivity index is 2.28. The first-order chi connectivity index (χ1) is 10.1. The van der Waals surface area contributed by atoms with Gasteiger partial charge in [-0.15, -0.1) is 0 Å². The number of hydrogen-bond acceptors (Lipinski definition) is 7. The molecule has 1 heterocycles. The molecule has 21 heavy (non-hydrogen) atoms. The zero-order valence-corrected chi connectivity index (χ0v) is 12.3. The number of methoxy groups -OCH3 is 2. The van der Waals surface area contributed by atoms with E-state index in [-0.39, 0.29) is 5.95 Å². The van der Waals surface area contributed by atoms with Gasteiger partial charge in [0.1, 0.15) is 23.1 Å². The van der Waals surface area contributed by atoms with Gasteiger partial charge < -0.3 is 25.8 Å². The normalized spacial score (nSPS) is 10.0. The van der Waals surface area contributed by atoms with Crippen LogP contribution < -0.4 is 25.8 Å². The van der Waals surface area contributed by atoms with Gasteiger partial charge in [0.25, 0.3) is 0 Å². The Morgan fingerprint density at radius 1 is 1.00 bits per heavy atom. The van der Waals surface area contributed by atoms with Crippen LogP contribution in [0, 0.1) is 0 Å². The van der Waals surface area contributed by atoms with Crippen molar-refractivity contribution in [3.8, 4) is 11.5 Å². The highest BCUT2D eigenvalue weighted by molar-refractivity contribution is 5.64. The quantitative estimate of drug-likeness (QED) is 0.750. The maximum atomic E-state index is 5.70. The molecule has 0 radical (unpaired) electrons. The number of benzene rings is 1. The summed E-state index contributed by atoms with van der Waals surface area (Å²) in [5.74, 6) is 2.83. The maximum absolute atomic E-state index is 5.70. The Morgan fingerprint density at radius 2 is 1.62 bits per heavy atom. The van der Waals surface area contributed by atoms with E-state index in [9.17, 15) is 0 Å². The Hall–Kier alpha value is -2.70. The summed E-state index contributed by atoms with van der Waals surface area (Å²) < 4.78 is 10.5. The van der Waals surface area contributed by atoms with Crippen molar-refractivity contribution in [2.75, 3.05) is 37.1 Å². The molecule has 7 heteroatoms. The van der Waals surface area contributed by atoms with Crippen LogP contribution in [0.3, 0.4) is 0 Å². The molecule has 0 aliphatic rings. The number of ether oxygens (including phenoxy) is 2. The van der Waals surface area contributed by atoms with Crippen molar-refractivity contribution in [2.45, 2.75) is 6.92 Å². The van der Waals surface area contributed by atoms with Crippen LogP contribution in [0.1, 0.15) is 6.92 Å². The molecule has 0 aliphatic carbocycles. The molecule has 2 aromatic rings. The Bertz CT molecular complexity index is 596. The van der Waals surface area contributed by atoms with Crippen LogP contribution in [-0.4, -0.2) is 30.7 Å². The lowest BCUT2D eigenvalue weighted by molar-refractivity contribution is 0.395. The molecule has 0 atom stereocenters. The van der Waals surface area contributed by atoms with E-state index in [0.717, 1.165) is 12.2 Å². The van der Waals surface area contributed by atoms with E-state index in [2.05, 4.69) is 20.6 Å². The second-order valence-corrected chi connectivity index (χ2v) is 4.25. The third-order valence-corrected chi connectivity index (χ3v) is 2.73. The van der Waals surface area contributed by atoms with E-state index in [4.69, 9.17) is 15.2 Å². The highest BCUT2D eigenvalue weighted by Crippen LogP contribution is 2.28. The third-order valence-electron chi connectivity index (χ3n) is 2.73. The fraction of sp³-hybridized carbons (Fsp3) is 0.286. The van der Waals surface area contributed by atoms with Crippen LogP contribution in [0.4, 0.5) is 23.3 Å². The second kappa shape index (κ2) is 6.65. The van der Waals surface area contributed by atoms with Crippen LogP contribution in [0.5, 0.6) is 11.5 Å². The zero-order valence-electron chi connectivity index (χ0n) is 12.3. The van der Waals surface area contributed by atoms with E-state index >= 15 is 0 Å². The first-order valence-electron chi connectivity index (χ1n) is 6.53. The summed E-state index contributed by atoms with van der Waals surface area (Å²) in [6.45, 7) is 2.74. The first kappa shape index (κ1) is 14.7. The minimum absolute atomic E-state index is 0.200. The molecule has 0 amide bonds. The van der Waals surface area contributed by atoms with Crippen LogP contribution in [0.2, 0.25) is 0 Å². The third kappa shape index (κ3) is 3.88. The van der Waals surface area contributed by atoms with Gasteiger partial charge in [-0.05, 0) is 6.92 Å². The molecule has 4 N–H and O–H groups in total. The molecule has 0 saturated heterocycles. The summed E-state index contributed by atoms with van der Waals surface area (Å²) >= 11 is 0. The number of aromatic nitrogens is 2. The largest absolute Gasteiger partial charge is 0.497 e. The zero-order chi connectivity index (χ0) is 15.2. The van der Waals surface area contributed by atoms with Crippen molar-refractivity contribution in [1.82, 2.24) is 9.97 Å². The van der Waals surface area contributed by atoms with Gasteiger partial charge in [-0.2, -0.15) is 9.97 Å². The molecular weight excluding hydrogens is 270 g/mol. The summed E-state index contributed by atoms with van der Waals surface area (Å²) in [5, 5.41) is 6.26. The molecule has 112 valence electrons. The average molecular weight is 289 g/mol. The van der Waals surface area contributed by atoms with Crippen molar-refractivity contribution in [2.24, 2.45) is 0 Å². The summed E-state index contributed by atoms with van der Waals surface area (Å²) in [5.41, 5.74) is 6.49. The Morgan fingerprint density at radius 3 is 2.19 bits per heavy atom. The Labute approximate surface area is 123 Å². The summed E-state index contributed by atoms with van der Waals surface area (Å²) in [7, 11) is 3.20. The van der Waals surface area contributed by atoms with Crippen molar-refractivity contribution in [3.63, 3.8) is 0 Å². The smallest absolute Gasteiger partial charge is 0.223 e. The number of nitrogen functional groups attached to an aromatic ring is 1. The molecule has 0 aliphatic heterocycles. The molecule has 1 aromatic heterocycles. The van der Waals surface area contributed by atoms with E-state index in [1.807, 2.05) is 19.1 Å². The van der Waals surface area contributed by atoms with Gasteiger partial charge in [-0.3, -0.25) is 0 Å². The summed E-state index contributed by atoms with van der Waals surface area (Å²) in [6, 6.07) is 7.26. The van der Waals surface area contributed by atoms with Crippen molar-refractivity contribution >= 4 is 23.3 Å². The van der Waals surface area contributed by atoms with E-state index < -0.39 is 0 Å². The highest BCUT2D eigenvalue weighted by atomic mass is 16.5. The van der Waals surface area contributed by atoms with Crippen molar-refractivity contribution in [3.05, 3.63) is 24.3 Å². The molecule has 2 rings (SSSR count). The molecule has 0 bridgehead atoms. The maximum Gasteiger partial charge on any atom is 0.223 e. The van der Waals surface area contributed by atoms with E-state index in [1.165, 1.54) is 0 Å². The number of nitrogens with two attached hydrogens (primary N) is 1. The van der Waals surface area contributed by atoms with Crippen LogP contribution in [0.25, 0.3) is 0 Å². The Kier molecular flexibility index (Phi) is 4.65. The lowest BCUT2D eigenvalue weighted by atomic mass is 10.2. The second-order valence-electron chi connectivity index (χ2n) is 4.25. The first-order valence-corrected chi connectivity index (χ1v) is 6.53. The summed E-state index contributed by atoms with van der Waals surface area (Å²) in [4.78, 5) is 8.26. The van der Waals surface area contributed by atoms with Gasteiger partial charge >= 0.3 is 0 Å². The molecule has 1 aromatic carbocycles. The number of hydrogen-bond donors (Lipinski definition) is 3. The van der Waals surface area contributed by atoms with Gasteiger partial charge in [0.15, 0.2) is 0 Å². The molecule has 0 saturated carbocycles. The number of anilines is 4. The van der Waals surface area contributed by atoms with Crippen LogP contribution in [-0.2, 0) is 0 Å². The fourth-order valence-electron chi connectivity index (χ4n) is 1.83.